The second-order valence-corrected chi connectivity index (χ2v) is 8.11. The first-order chi connectivity index (χ1) is 15.4. The lowest BCUT2D eigenvalue weighted by Gasteiger charge is -2.22. The number of likely N-dealkylation sites (N-methyl/N-ethyl adjacent to an activating group) is 1. The molecule has 4 N–H and O–H groups in total. The third kappa shape index (κ3) is 14.7. The summed E-state index contributed by atoms with van der Waals surface area (Å²) in [5.41, 5.74) is 7.23. The third-order valence-corrected chi connectivity index (χ3v) is 5.23. The molecule has 1 fully saturated rings. The van der Waals surface area contributed by atoms with Crippen LogP contribution in [-0.2, 0) is 11.2 Å². The number of pyridine rings is 1. The van der Waals surface area contributed by atoms with E-state index in [2.05, 4.69) is 22.5 Å². The van der Waals surface area contributed by atoms with Crippen molar-refractivity contribution in [3.63, 3.8) is 0 Å². The maximum atomic E-state index is 11.7. The fourth-order valence-corrected chi connectivity index (χ4v) is 3.32. The van der Waals surface area contributed by atoms with E-state index in [1.54, 1.807) is 19.4 Å². The summed E-state index contributed by atoms with van der Waals surface area (Å²) in [6.45, 7) is 7.01. The predicted octanol–water partition coefficient (Wildman–Crippen LogP) is 3.80. The van der Waals surface area contributed by atoms with Gasteiger partial charge in [0.05, 0.1) is 0 Å². The van der Waals surface area contributed by atoms with Crippen LogP contribution in [0.4, 0.5) is 4.79 Å². The SMILES string of the molecule is C/C=C1\CC[C@H](CCCNCCC)CC1=O.CN(CCc1cccnc1)C(N)=O.CNC.[HH]. The van der Waals surface area contributed by atoms with E-state index in [1.165, 1.54) is 30.6 Å². The molecule has 1 saturated carbocycles. The average Bonchev–Trinajstić information content (AvgIpc) is 2.79. The molecule has 0 bridgehead atoms. The maximum absolute atomic E-state index is 11.7. The van der Waals surface area contributed by atoms with Crippen LogP contribution >= 0.6 is 0 Å². The molecular weight excluding hydrogens is 402 g/mol. The van der Waals surface area contributed by atoms with Crippen LogP contribution < -0.4 is 16.4 Å². The van der Waals surface area contributed by atoms with Gasteiger partial charge in [0, 0.05) is 33.8 Å². The molecule has 0 radical (unpaired) electrons. The highest BCUT2D eigenvalue weighted by molar-refractivity contribution is 5.96. The van der Waals surface area contributed by atoms with E-state index in [1.807, 2.05) is 39.2 Å². The summed E-state index contributed by atoms with van der Waals surface area (Å²) in [6.07, 6.45) is 12.9. The first-order valence-electron chi connectivity index (χ1n) is 11.8. The number of nitrogens with zero attached hydrogens (tertiary/aromatic N) is 2. The van der Waals surface area contributed by atoms with Gasteiger partial charge in [0.1, 0.15) is 0 Å². The molecule has 1 heterocycles. The van der Waals surface area contributed by atoms with Gasteiger partial charge in [-0.05, 0) is 95.8 Å². The molecular formula is C25H47N5O2. The van der Waals surface area contributed by atoms with Crippen LogP contribution in [0.25, 0.3) is 0 Å². The van der Waals surface area contributed by atoms with Crippen LogP contribution in [0.2, 0.25) is 0 Å². The molecule has 2 amide bonds. The summed E-state index contributed by atoms with van der Waals surface area (Å²) in [7, 11) is 5.43. The number of carbonyl (C=O) groups excluding carboxylic acids is 2. The van der Waals surface area contributed by atoms with Crippen LogP contribution in [0.1, 0.15) is 59.4 Å². The highest BCUT2D eigenvalue weighted by atomic mass is 16.2. The van der Waals surface area contributed by atoms with Crippen LogP contribution in [0, 0.1) is 5.92 Å². The lowest BCUT2D eigenvalue weighted by Crippen LogP contribution is -2.33. The first kappa shape index (κ1) is 29.8. The van der Waals surface area contributed by atoms with Gasteiger partial charge < -0.3 is 21.3 Å². The minimum Gasteiger partial charge on any atom is -0.351 e. The number of ketones is 1. The van der Waals surface area contributed by atoms with Crippen molar-refractivity contribution in [3.05, 3.63) is 41.7 Å². The third-order valence-electron chi connectivity index (χ3n) is 5.23. The Kier molecular flexibility index (Phi) is 18.1. The van der Waals surface area contributed by atoms with Crippen LogP contribution in [0.5, 0.6) is 0 Å². The zero-order valence-electron chi connectivity index (χ0n) is 20.8. The van der Waals surface area contributed by atoms with Crippen molar-refractivity contribution in [1.29, 1.82) is 0 Å². The number of nitrogens with one attached hydrogen (secondary N) is 2. The van der Waals surface area contributed by atoms with Crippen molar-refractivity contribution in [2.45, 2.75) is 58.8 Å². The predicted molar refractivity (Wildman–Crippen MR) is 136 cm³/mol. The van der Waals surface area contributed by atoms with Gasteiger partial charge >= 0.3 is 6.03 Å². The van der Waals surface area contributed by atoms with E-state index in [4.69, 9.17) is 5.73 Å². The minimum absolute atomic E-state index is 0. The fraction of sp³-hybridized carbons (Fsp3) is 0.640. The Morgan fingerprint density at radius 3 is 2.62 bits per heavy atom. The van der Waals surface area contributed by atoms with E-state index in [0.717, 1.165) is 43.5 Å². The smallest absolute Gasteiger partial charge is 0.314 e. The fourth-order valence-electron chi connectivity index (χ4n) is 3.32. The number of Topliss-reactive ketones (excluding diaryl/α,β-unsaturated/α-hetero) is 1. The van der Waals surface area contributed by atoms with E-state index in [0.29, 0.717) is 18.2 Å². The summed E-state index contributed by atoms with van der Waals surface area (Å²) in [5, 5.41) is 6.16. The highest BCUT2D eigenvalue weighted by Gasteiger charge is 2.22. The van der Waals surface area contributed by atoms with E-state index < -0.39 is 6.03 Å². The standard InChI is InChI=1S/C14H25NO.C9H13N3O.C2H7N.H2/c1-3-9-15-10-5-6-12-7-8-13(4-2)14(16)11-12;1-12(9(10)13)6-4-8-3-2-5-11-7-8;1-3-2;/h4,12,15H,3,5-11H2,1-2H3;2-3,5,7H,4,6H2,1H3,(H2,10,13);3H,1-2H3;1H/b13-4+;;;/t12-;;;/m0.../s1. The lowest BCUT2D eigenvalue weighted by molar-refractivity contribution is -0.117. The summed E-state index contributed by atoms with van der Waals surface area (Å²) >= 11 is 0. The van der Waals surface area contributed by atoms with Gasteiger partial charge in [0.15, 0.2) is 5.78 Å². The number of hydrogen-bond acceptors (Lipinski definition) is 5. The Morgan fingerprint density at radius 2 is 2.09 bits per heavy atom. The molecule has 0 aliphatic heterocycles. The molecule has 1 aliphatic carbocycles. The van der Waals surface area contributed by atoms with Gasteiger partial charge in [0.25, 0.3) is 0 Å². The van der Waals surface area contributed by atoms with Crippen LogP contribution in [0.15, 0.2) is 36.2 Å². The number of primary amides is 1. The van der Waals surface area contributed by atoms with Gasteiger partial charge in [-0.3, -0.25) is 9.78 Å². The van der Waals surface area contributed by atoms with E-state index in [9.17, 15) is 9.59 Å². The quantitative estimate of drug-likeness (QED) is 0.393. The molecule has 32 heavy (non-hydrogen) atoms. The largest absolute Gasteiger partial charge is 0.351 e. The van der Waals surface area contributed by atoms with Crippen LogP contribution in [-0.4, -0.2) is 62.5 Å². The normalized spacial score (nSPS) is 16.5. The zero-order chi connectivity index (χ0) is 24.2. The number of nitrogens with two attached hydrogens (primary N) is 1. The molecule has 0 spiro atoms. The first-order valence-corrected chi connectivity index (χ1v) is 11.8. The zero-order valence-corrected chi connectivity index (χ0v) is 20.8. The average molecular weight is 450 g/mol. The van der Waals surface area contributed by atoms with Gasteiger partial charge in [-0.25, -0.2) is 4.79 Å². The Hall–Kier alpha value is -2.25. The number of rotatable bonds is 9. The molecule has 7 heteroatoms. The second-order valence-electron chi connectivity index (χ2n) is 8.11. The van der Waals surface area contributed by atoms with Gasteiger partial charge in [0.2, 0.25) is 0 Å². The molecule has 1 atom stereocenters. The number of urea groups is 1. The lowest BCUT2D eigenvalue weighted by atomic mass is 9.82. The molecule has 184 valence electrons. The topological polar surface area (TPSA) is 100 Å². The highest BCUT2D eigenvalue weighted by Crippen LogP contribution is 2.28. The van der Waals surface area contributed by atoms with Crippen LogP contribution in [0.3, 0.4) is 0 Å². The minimum atomic E-state index is -0.399. The Morgan fingerprint density at radius 1 is 1.38 bits per heavy atom. The number of carbonyl (C=O) groups is 2. The molecule has 2 rings (SSSR count). The van der Waals surface area contributed by atoms with E-state index >= 15 is 0 Å². The molecule has 1 aromatic heterocycles. The van der Waals surface area contributed by atoms with Crippen molar-refractivity contribution in [2.24, 2.45) is 11.7 Å². The second kappa shape index (κ2) is 19.4. The number of hydrogen-bond donors (Lipinski definition) is 3. The summed E-state index contributed by atoms with van der Waals surface area (Å²) in [4.78, 5) is 27.8. The molecule has 7 nitrogen and oxygen atoms in total. The van der Waals surface area contributed by atoms with Crippen molar-refractivity contribution in [2.75, 3.05) is 40.8 Å². The van der Waals surface area contributed by atoms with Gasteiger partial charge in [-0.2, -0.15) is 0 Å². The number of aromatic nitrogens is 1. The molecule has 0 aromatic carbocycles. The number of amides is 2. The molecule has 0 saturated heterocycles. The van der Waals surface area contributed by atoms with Gasteiger partial charge in [-0.1, -0.05) is 19.1 Å². The van der Waals surface area contributed by atoms with Crippen molar-refractivity contribution in [3.8, 4) is 0 Å². The molecule has 0 unspecified atom stereocenters. The van der Waals surface area contributed by atoms with Crippen molar-refractivity contribution >= 4 is 11.8 Å². The number of allylic oxidation sites excluding steroid dienone is 2. The Labute approximate surface area is 196 Å². The van der Waals surface area contributed by atoms with Crippen molar-refractivity contribution < 1.29 is 11.0 Å². The molecule has 1 aliphatic rings. The van der Waals surface area contributed by atoms with E-state index in [-0.39, 0.29) is 1.43 Å². The monoisotopic (exact) mass is 449 g/mol. The summed E-state index contributed by atoms with van der Waals surface area (Å²) in [5.74, 6) is 1.03. The van der Waals surface area contributed by atoms with Gasteiger partial charge in [-0.15, -0.1) is 0 Å². The summed E-state index contributed by atoms with van der Waals surface area (Å²) < 4.78 is 0. The molecule has 1 aromatic rings. The summed E-state index contributed by atoms with van der Waals surface area (Å²) in [6, 6.07) is 3.45. The maximum Gasteiger partial charge on any atom is 0.314 e. The Balaban J connectivity index is 0. The van der Waals surface area contributed by atoms with Crippen molar-refractivity contribution in [1.82, 2.24) is 20.5 Å². The Bertz CT molecular complexity index is 655.